The van der Waals surface area contributed by atoms with Crippen LogP contribution in [-0.4, -0.2) is 37.1 Å². The lowest BCUT2D eigenvalue weighted by Gasteiger charge is -1.99. The minimum atomic E-state index is -0.725. The lowest BCUT2D eigenvalue weighted by atomic mass is 10.5. The molecule has 0 rings (SSSR count). The molecule has 0 saturated carbocycles. The van der Waals surface area contributed by atoms with Crippen molar-refractivity contribution in [1.29, 1.82) is 0 Å². The Labute approximate surface area is 72.2 Å². The molecule has 0 aliphatic carbocycles. The third-order valence-electron chi connectivity index (χ3n) is 0.831. The van der Waals surface area contributed by atoms with E-state index < -0.39 is 11.8 Å². The Bertz CT molecular complexity index is 137. The van der Waals surface area contributed by atoms with Gasteiger partial charge in [0.25, 0.3) is 0 Å². The number of aliphatic hydroxyl groups excluding tert-OH is 1. The van der Waals surface area contributed by atoms with Gasteiger partial charge in [0.1, 0.15) is 0 Å². The Balaban J connectivity index is 0. The van der Waals surface area contributed by atoms with Crippen molar-refractivity contribution in [3.8, 4) is 0 Å². The van der Waals surface area contributed by atoms with E-state index in [0.29, 0.717) is 0 Å². The Morgan fingerprint density at radius 3 is 2.08 bits per heavy atom. The maximum absolute atomic E-state index is 10.5. The molecule has 0 aromatic heterocycles. The van der Waals surface area contributed by atoms with Gasteiger partial charge in [0, 0.05) is 13.6 Å². The van der Waals surface area contributed by atoms with Gasteiger partial charge in [-0.25, -0.2) is 0 Å². The Hall–Kier alpha value is -1.10. The van der Waals surface area contributed by atoms with Crippen LogP contribution in [0.15, 0.2) is 0 Å². The van der Waals surface area contributed by atoms with Crippen molar-refractivity contribution in [2.45, 2.75) is 13.8 Å². The molecule has 0 fully saturated rings. The largest absolute Gasteiger partial charge is 0.395 e. The lowest BCUT2D eigenvalue weighted by molar-refractivity contribution is -0.138. The number of nitrogens with one attached hydrogen (secondary N) is 2. The number of carbonyl (C=O) groups excluding carboxylic acids is 2. The summed E-state index contributed by atoms with van der Waals surface area (Å²) in [4.78, 5) is 20.9. The number of likely N-dealkylation sites (N-methyl/N-ethyl adjacent to an activating group) is 1. The van der Waals surface area contributed by atoms with E-state index in [1.54, 1.807) is 0 Å². The van der Waals surface area contributed by atoms with Gasteiger partial charge >= 0.3 is 11.8 Å². The van der Waals surface area contributed by atoms with E-state index in [4.69, 9.17) is 5.11 Å². The molecule has 0 bridgehead atoms. The summed E-state index contributed by atoms with van der Waals surface area (Å²) in [6, 6.07) is 0. The third kappa shape index (κ3) is 7.01. The first-order valence-electron chi connectivity index (χ1n) is 3.83. The number of carbonyl (C=O) groups is 2. The monoisotopic (exact) mass is 176 g/mol. The number of rotatable bonds is 2. The molecule has 0 saturated heterocycles. The topological polar surface area (TPSA) is 78.4 Å². The second-order valence-electron chi connectivity index (χ2n) is 1.56. The molecule has 12 heavy (non-hydrogen) atoms. The fraction of sp³-hybridized carbons (Fsp3) is 0.714. The predicted molar refractivity (Wildman–Crippen MR) is 45.5 cm³/mol. The van der Waals surface area contributed by atoms with Crippen molar-refractivity contribution >= 4 is 11.8 Å². The molecule has 0 unspecified atom stereocenters. The highest BCUT2D eigenvalue weighted by Gasteiger charge is 2.08. The molecule has 0 aromatic rings. The summed E-state index contributed by atoms with van der Waals surface area (Å²) in [5.74, 6) is -1.43. The van der Waals surface area contributed by atoms with Crippen LogP contribution in [-0.2, 0) is 9.59 Å². The average Bonchev–Trinajstić information content (AvgIpc) is 2.16. The minimum absolute atomic E-state index is 0.103. The van der Waals surface area contributed by atoms with Crippen molar-refractivity contribution in [3.63, 3.8) is 0 Å². The van der Waals surface area contributed by atoms with Crippen LogP contribution in [0.2, 0.25) is 0 Å². The number of hydrogen-bond donors (Lipinski definition) is 3. The van der Waals surface area contributed by atoms with Gasteiger partial charge in [-0.3, -0.25) is 9.59 Å². The molecular weight excluding hydrogens is 160 g/mol. The quantitative estimate of drug-likeness (QED) is 0.466. The first-order chi connectivity index (χ1) is 5.72. The predicted octanol–water partition coefficient (Wildman–Crippen LogP) is -1.13. The molecule has 72 valence electrons. The minimum Gasteiger partial charge on any atom is -0.395 e. The average molecular weight is 176 g/mol. The highest BCUT2D eigenvalue weighted by atomic mass is 16.3. The summed E-state index contributed by atoms with van der Waals surface area (Å²) < 4.78 is 0. The van der Waals surface area contributed by atoms with Crippen LogP contribution in [0.25, 0.3) is 0 Å². The van der Waals surface area contributed by atoms with Gasteiger partial charge in [-0.2, -0.15) is 0 Å². The SMILES string of the molecule is CC.CNC(=O)C(=O)NCCO. The second kappa shape index (κ2) is 9.90. The summed E-state index contributed by atoms with van der Waals surface area (Å²) in [6.07, 6.45) is 0. The molecule has 0 aromatic carbocycles. The van der Waals surface area contributed by atoms with E-state index in [0.717, 1.165) is 0 Å². The highest BCUT2D eigenvalue weighted by molar-refractivity contribution is 6.34. The number of aliphatic hydroxyl groups is 1. The van der Waals surface area contributed by atoms with E-state index in [1.807, 2.05) is 13.8 Å². The Morgan fingerprint density at radius 1 is 1.25 bits per heavy atom. The highest BCUT2D eigenvalue weighted by Crippen LogP contribution is 1.64. The zero-order valence-electron chi connectivity index (χ0n) is 7.68. The van der Waals surface area contributed by atoms with Crippen LogP contribution in [0.4, 0.5) is 0 Å². The van der Waals surface area contributed by atoms with Gasteiger partial charge in [-0.1, -0.05) is 13.8 Å². The van der Waals surface area contributed by atoms with E-state index in [9.17, 15) is 9.59 Å². The third-order valence-corrected chi connectivity index (χ3v) is 0.831. The maximum Gasteiger partial charge on any atom is 0.309 e. The van der Waals surface area contributed by atoms with Crippen molar-refractivity contribution in [1.82, 2.24) is 10.6 Å². The normalized spacial score (nSPS) is 7.67. The summed E-state index contributed by atoms with van der Waals surface area (Å²) >= 11 is 0. The van der Waals surface area contributed by atoms with Gasteiger partial charge in [0.15, 0.2) is 0 Å². The molecule has 0 aliphatic rings. The molecule has 0 spiro atoms. The Kier molecular flexibility index (Phi) is 11.1. The van der Waals surface area contributed by atoms with Gasteiger partial charge in [-0.05, 0) is 0 Å². The van der Waals surface area contributed by atoms with Gasteiger partial charge < -0.3 is 15.7 Å². The fourth-order valence-electron chi connectivity index (χ4n) is 0.363. The zero-order chi connectivity index (χ0) is 9.98. The van der Waals surface area contributed by atoms with Crippen LogP contribution in [0.5, 0.6) is 0 Å². The van der Waals surface area contributed by atoms with Crippen molar-refractivity contribution < 1.29 is 14.7 Å². The first kappa shape index (κ1) is 13.5. The smallest absolute Gasteiger partial charge is 0.309 e. The molecule has 0 aliphatic heterocycles. The van der Waals surface area contributed by atoms with E-state index in [1.165, 1.54) is 7.05 Å². The van der Waals surface area contributed by atoms with E-state index in [2.05, 4.69) is 10.6 Å². The van der Waals surface area contributed by atoms with Gasteiger partial charge in [0.05, 0.1) is 6.61 Å². The standard InChI is InChI=1S/C5H10N2O3.C2H6/c1-6-4(9)5(10)7-2-3-8;1-2/h8H,2-3H2,1H3,(H,6,9)(H,7,10);1-2H3. The van der Waals surface area contributed by atoms with Crippen molar-refractivity contribution in [2.24, 2.45) is 0 Å². The van der Waals surface area contributed by atoms with E-state index in [-0.39, 0.29) is 13.2 Å². The van der Waals surface area contributed by atoms with Crippen LogP contribution in [0.3, 0.4) is 0 Å². The zero-order valence-corrected chi connectivity index (χ0v) is 7.68. The Morgan fingerprint density at radius 2 is 1.75 bits per heavy atom. The molecular formula is C7H16N2O3. The van der Waals surface area contributed by atoms with Crippen LogP contribution >= 0.6 is 0 Å². The molecule has 3 N–H and O–H groups in total. The number of amides is 2. The van der Waals surface area contributed by atoms with Crippen LogP contribution in [0, 0.1) is 0 Å². The second-order valence-corrected chi connectivity index (χ2v) is 1.56. The van der Waals surface area contributed by atoms with Crippen LogP contribution < -0.4 is 10.6 Å². The lowest BCUT2D eigenvalue weighted by Crippen LogP contribution is -2.39. The number of hydrogen-bond acceptors (Lipinski definition) is 3. The summed E-state index contributed by atoms with van der Waals surface area (Å²) in [6.45, 7) is 3.94. The first-order valence-corrected chi connectivity index (χ1v) is 3.83. The molecule has 0 atom stereocenters. The molecule has 5 nitrogen and oxygen atoms in total. The maximum atomic E-state index is 10.5. The molecule has 0 radical (unpaired) electrons. The van der Waals surface area contributed by atoms with Crippen molar-refractivity contribution in [2.75, 3.05) is 20.2 Å². The molecule has 0 heterocycles. The summed E-state index contributed by atoms with van der Waals surface area (Å²) in [7, 11) is 1.36. The van der Waals surface area contributed by atoms with Crippen molar-refractivity contribution in [3.05, 3.63) is 0 Å². The summed E-state index contributed by atoms with van der Waals surface area (Å²) in [5.41, 5.74) is 0. The molecule has 5 heteroatoms. The summed E-state index contributed by atoms with van der Waals surface area (Å²) in [5, 5.41) is 12.5. The van der Waals surface area contributed by atoms with Crippen LogP contribution in [0.1, 0.15) is 13.8 Å². The fourth-order valence-corrected chi connectivity index (χ4v) is 0.363. The van der Waals surface area contributed by atoms with Gasteiger partial charge in [-0.15, -0.1) is 0 Å². The van der Waals surface area contributed by atoms with Gasteiger partial charge in [0.2, 0.25) is 0 Å². The molecule has 2 amide bonds. The van der Waals surface area contributed by atoms with E-state index >= 15 is 0 Å².